The summed E-state index contributed by atoms with van der Waals surface area (Å²) in [6, 6.07) is 1.50. The van der Waals surface area contributed by atoms with Crippen molar-refractivity contribution in [1.82, 2.24) is 0 Å². The fraction of sp³-hybridized carbons (Fsp3) is 0.111. The predicted molar refractivity (Wildman–Crippen MR) is 43.9 cm³/mol. The average molecular weight is 233 g/mol. The predicted octanol–water partition coefficient (Wildman–Crippen LogP) is 2.32. The molecule has 0 heterocycles. The third-order valence-corrected chi connectivity index (χ3v) is 1.67. The molecule has 0 aliphatic rings. The van der Waals surface area contributed by atoms with Gasteiger partial charge in [-0.2, -0.15) is 13.2 Å². The molecule has 0 unspecified atom stereocenters. The Bertz CT molecular complexity index is 475. The van der Waals surface area contributed by atoms with Crippen LogP contribution in [0.4, 0.5) is 17.6 Å². The molecule has 0 saturated carbocycles. The first-order valence-corrected chi connectivity index (χ1v) is 3.85. The topological polar surface area (TPSA) is 46.5 Å². The Morgan fingerprint density at radius 2 is 1.94 bits per heavy atom. The number of nitrogens with zero attached hydrogens (tertiary/aromatic N) is 1. The fourth-order valence-corrected chi connectivity index (χ4v) is 0.984. The largest absolute Gasteiger partial charge is 0.419 e. The molecule has 0 radical (unpaired) electrons. The van der Waals surface area contributed by atoms with Crippen LogP contribution in [0.15, 0.2) is 23.2 Å². The van der Waals surface area contributed by atoms with Crippen LogP contribution in [0.2, 0.25) is 0 Å². The van der Waals surface area contributed by atoms with E-state index in [-0.39, 0.29) is 0 Å². The van der Waals surface area contributed by atoms with Gasteiger partial charge in [0, 0.05) is 5.56 Å². The van der Waals surface area contributed by atoms with E-state index >= 15 is 0 Å². The number of carbonyl (C=O) groups is 1. The monoisotopic (exact) mass is 233 g/mol. The molecule has 1 rings (SSSR count). The summed E-state index contributed by atoms with van der Waals surface area (Å²) in [5.74, 6) is -2.75. The van der Waals surface area contributed by atoms with Gasteiger partial charge in [-0.15, -0.1) is 4.99 Å². The molecule has 0 aromatic heterocycles. The highest BCUT2D eigenvalue weighted by Crippen LogP contribution is 2.31. The number of rotatable bonds is 1. The number of hydrogen-bond donors (Lipinski definition) is 0. The second-order valence-electron chi connectivity index (χ2n) is 2.70. The molecule has 0 atom stereocenters. The van der Waals surface area contributed by atoms with Gasteiger partial charge in [0.25, 0.3) is 5.91 Å². The Kier molecular flexibility index (Phi) is 3.20. The summed E-state index contributed by atoms with van der Waals surface area (Å²) in [4.78, 5) is 23.2. The smallest absolute Gasteiger partial charge is 0.266 e. The molecular formula is C9H3F4NO2. The quantitative estimate of drug-likeness (QED) is 0.424. The molecule has 3 nitrogen and oxygen atoms in total. The van der Waals surface area contributed by atoms with Crippen molar-refractivity contribution in [2.45, 2.75) is 6.18 Å². The molecule has 84 valence electrons. The van der Waals surface area contributed by atoms with E-state index in [4.69, 9.17) is 0 Å². The lowest BCUT2D eigenvalue weighted by Gasteiger charge is -2.07. The van der Waals surface area contributed by atoms with Gasteiger partial charge in [0.2, 0.25) is 6.08 Å². The highest BCUT2D eigenvalue weighted by atomic mass is 19.4. The van der Waals surface area contributed by atoms with Crippen LogP contribution >= 0.6 is 0 Å². The summed E-state index contributed by atoms with van der Waals surface area (Å²) in [6.45, 7) is 0. The Hall–Kier alpha value is -2.01. The second-order valence-corrected chi connectivity index (χ2v) is 2.70. The molecule has 0 aliphatic heterocycles. The first-order chi connectivity index (χ1) is 7.36. The molecule has 16 heavy (non-hydrogen) atoms. The number of carbonyl (C=O) groups excluding carboxylic acids is 2. The summed E-state index contributed by atoms with van der Waals surface area (Å²) >= 11 is 0. The van der Waals surface area contributed by atoms with Gasteiger partial charge >= 0.3 is 6.18 Å². The molecule has 0 aliphatic carbocycles. The molecule has 0 fully saturated rings. The van der Waals surface area contributed by atoms with E-state index in [1.54, 1.807) is 0 Å². The van der Waals surface area contributed by atoms with Crippen molar-refractivity contribution < 1.29 is 27.2 Å². The number of halogens is 4. The van der Waals surface area contributed by atoms with E-state index in [0.717, 1.165) is 12.1 Å². The standard InChI is InChI=1S/C9H3F4NO2/c10-7-3-5(8(16)14-4-15)1-2-6(7)9(11,12)13/h1-3H. The van der Waals surface area contributed by atoms with E-state index in [2.05, 4.69) is 4.99 Å². The lowest BCUT2D eigenvalue weighted by atomic mass is 10.1. The summed E-state index contributed by atoms with van der Waals surface area (Å²) < 4.78 is 49.3. The van der Waals surface area contributed by atoms with Crippen molar-refractivity contribution >= 4 is 12.0 Å². The molecule has 1 aromatic carbocycles. The zero-order valence-electron chi connectivity index (χ0n) is 7.51. The molecule has 0 N–H and O–H groups in total. The van der Waals surface area contributed by atoms with Crippen molar-refractivity contribution in [3.63, 3.8) is 0 Å². The number of hydrogen-bond acceptors (Lipinski definition) is 2. The Morgan fingerprint density at radius 1 is 1.31 bits per heavy atom. The highest BCUT2D eigenvalue weighted by molar-refractivity contribution is 5.97. The van der Waals surface area contributed by atoms with Crippen LogP contribution in [-0.4, -0.2) is 12.0 Å². The van der Waals surface area contributed by atoms with Gasteiger partial charge in [-0.05, 0) is 18.2 Å². The van der Waals surface area contributed by atoms with E-state index in [1.165, 1.54) is 0 Å². The van der Waals surface area contributed by atoms with Gasteiger partial charge in [-0.1, -0.05) is 0 Å². The summed E-state index contributed by atoms with van der Waals surface area (Å²) in [6.07, 6.45) is -3.92. The van der Waals surface area contributed by atoms with Crippen LogP contribution < -0.4 is 0 Å². The number of amides is 1. The summed E-state index contributed by atoms with van der Waals surface area (Å²) in [5, 5.41) is 0. The zero-order chi connectivity index (χ0) is 12.3. The minimum absolute atomic E-state index is 0.367. The molecule has 0 spiro atoms. The Labute approximate surface area is 86.4 Å². The number of isocyanates is 1. The summed E-state index contributed by atoms with van der Waals surface area (Å²) in [7, 11) is 0. The Morgan fingerprint density at radius 3 is 2.38 bits per heavy atom. The van der Waals surface area contributed by atoms with Crippen LogP contribution in [0.3, 0.4) is 0 Å². The van der Waals surface area contributed by atoms with E-state index in [9.17, 15) is 27.2 Å². The molecular weight excluding hydrogens is 230 g/mol. The van der Waals surface area contributed by atoms with Crippen LogP contribution in [0.1, 0.15) is 15.9 Å². The van der Waals surface area contributed by atoms with Crippen LogP contribution in [0.5, 0.6) is 0 Å². The minimum Gasteiger partial charge on any atom is -0.266 e. The first-order valence-electron chi connectivity index (χ1n) is 3.85. The lowest BCUT2D eigenvalue weighted by molar-refractivity contribution is -0.140. The maximum absolute atomic E-state index is 12.9. The number of alkyl halides is 3. The second kappa shape index (κ2) is 4.24. The molecule has 7 heteroatoms. The fourth-order valence-electron chi connectivity index (χ4n) is 0.984. The van der Waals surface area contributed by atoms with Crippen molar-refractivity contribution in [3.05, 3.63) is 35.1 Å². The van der Waals surface area contributed by atoms with Gasteiger partial charge < -0.3 is 0 Å². The van der Waals surface area contributed by atoms with E-state index < -0.39 is 29.0 Å². The maximum Gasteiger partial charge on any atom is 0.419 e. The van der Waals surface area contributed by atoms with E-state index in [1.807, 2.05) is 0 Å². The maximum atomic E-state index is 12.9. The van der Waals surface area contributed by atoms with Gasteiger partial charge in [-0.3, -0.25) is 4.79 Å². The van der Waals surface area contributed by atoms with Crippen LogP contribution in [0, 0.1) is 5.82 Å². The third-order valence-electron chi connectivity index (χ3n) is 1.67. The van der Waals surface area contributed by atoms with Crippen LogP contribution in [-0.2, 0) is 11.0 Å². The lowest BCUT2D eigenvalue weighted by Crippen LogP contribution is -2.09. The van der Waals surface area contributed by atoms with E-state index in [0.29, 0.717) is 12.1 Å². The Balaban J connectivity index is 3.19. The number of benzene rings is 1. The van der Waals surface area contributed by atoms with Crippen molar-refractivity contribution in [2.75, 3.05) is 0 Å². The molecule has 0 saturated heterocycles. The summed E-state index contributed by atoms with van der Waals surface area (Å²) in [5.41, 5.74) is -1.94. The van der Waals surface area contributed by atoms with Gasteiger partial charge in [0.1, 0.15) is 5.82 Å². The minimum atomic E-state index is -4.83. The third kappa shape index (κ3) is 2.52. The SMILES string of the molecule is O=C=NC(=O)c1ccc(C(F)(F)F)c(F)c1. The van der Waals surface area contributed by atoms with Gasteiger partial charge in [-0.25, -0.2) is 9.18 Å². The normalized spacial score (nSPS) is 10.8. The number of aliphatic imine (C=N–C) groups is 1. The van der Waals surface area contributed by atoms with Crippen LogP contribution in [0.25, 0.3) is 0 Å². The molecule has 0 bridgehead atoms. The first kappa shape index (κ1) is 12.1. The van der Waals surface area contributed by atoms with Gasteiger partial charge in [0.05, 0.1) is 5.56 Å². The molecule has 1 amide bonds. The highest BCUT2D eigenvalue weighted by Gasteiger charge is 2.34. The average Bonchev–Trinajstić information content (AvgIpc) is 2.16. The van der Waals surface area contributed by atoms with Crippen molar-refractivity contribution in [1.29, 1.82) is 0 Å². The zero-order valence-corrected chi connectivity index (χ0v) is 7.51. The van der Waals surface area contributed by atoms with Crippen molar-refractivity contribution in [3.8, 4) is 0 Å². The van der Waals surface area contributed by atoms with Gasteiger partial charge in [0.15, 0.2) is 0 Å². The van der Waals surface area contributed by atoms with Crippen molar-refractivity contribution in [2.24, 2.45) is 4.99 Å². The molecule has 1 aromatic rings.